The molecule has 202 valence electrons. The van der Waals surface area contributed by atoms with Crippen molar-refractivity contribution in [2.75, 3.05) is 32.1 Å². The van der Waals surface area contributed by atoms with Gasteiger partial charge in [-0.15, -0.1) is 0 Å². The summed E-state index contributed by atoms with van der Waals surface area (Å²) in [5, 5.41) is 2.56. The van der Waals surface area contributed by atoms with Crippen molar-refractivity contribution in [3.8, 4) is 11.5 Å². The molecule has 0 radical (unpaired) electrons. The second kappa shape index (κ2) is 12.8. The molecule has 3 aromatic rings. The molecule has 2 amide bonds. The zero-order chi connectivity index (χ0) is 27.9. The minimum atomic E-state index is -4.23. The predicted octanol–water partition coefficient (Wildman–Crippen LogP) is 3.82. The van der Waals surface area contributed by atoms with E-state index in [1.807, 2.05) is 24.3 Å². The number of hydrogen-bond acceptors (Lipinski definition) is 6. The third-order valence-electron chi connectivity index (χ3n) is 5.92. The molecule has 0 unspecified atom stereocenters. The number of ether oxygens (including phenoxy) is 2. The van der Waals surface area contributed by atoms with Crippen molar-refractivity contribution in [1.29, 1.82) is 0 Å². The highest BCUT2D eigenvalue weighted by molar-refractivity contribution is 9.10. The Kier molecular flexibility index (Phi) is 9.76. The molecule has 9 nitrogen and oxygen atoms in total. The number of rotatable bonds is 11. The summed E-state index contributed by atoms with van der Waals surface area (Å²) in [5.41, 5.74) is 0.888. The highest BCUT2D eigenvalue weighted by atomic mass is 79.9. The quantitative estimate of drug-likeness (QED) is 0.357. The number of sulfonamides is 1. The van der Waals surface area contributed by atoms with Crippen LogP contribution in [0.4, 0.5) is 5.69 Å². The molecule has 0 bridgehead atoms. The van der Waals surface area contributed by atoms with E-state index in [0.717, 1.165) is 14.3 Å². The fourth-order valence-electron chi connectivity index (χ4n) is 3.85. The Morgan fingerprint density at radius 3 is 2.29 bits per heavy atom. The zero-order valence-electron chi connectivity index (χ0n) is 21.5. The van der Waals surface area contributed by atoms with Crippen LogP contribution in [0.3, 0.4) is 0 Å². The third kappa shape index (κ3) is 6.65. The summed E-state index contributed by atoms with van der Waals surface area (Å²) >= 11 is 3.43. The van der Waals surface area contributed by atoms with Crippen molar-refractivity contribution in [3.63, 3.8) is 0 Å². The number of nitrogens with one attached hydrogen (secondary N) is 1. The number of anilines is 1. The Bertz CT molecular complexity index is 1380. The van der Waals surface area contributed by atoms with Crippen molar-refractivity contribution >= 4 is 43.5 Å². The summed E-state index contributed by atoms with van der Waals surface area (Å²) in [4.78, 5) is 27.8. The molecule has 0 aliphatic heterocycles. The Morgan fingerprint density at radius 1 is 0.974 bits per heavy atom. The molecule has 3 aromatic carbocycles. The van der Waals surface area contributed by atoms with E-state index in [4.69, 9.17) is 9.47 Å². The molecule has 3 rings (SSSR count). The molecule has 0 aliphatic rings. The third-order valence-corrected chi connectivity index (χ3v) is 8.19. The summed E-state index contributed by atoms with van der Waals surface area (Å²) < 4.78 is 40.4. The Hall–Kier alpha value is -3.57. The van der Waals surface area contributed by atoms with Gasteiger partial charge in [0.05, 0.1) is 24.8 Å². The van der Waals surface area contributed by atoms with Crippen molar-refractivity contribution in [3.05, 3.63) is 82.8 Å². The summed E-state index contributed by atoms with van der Waals surface area (Å²) in [6.07, 6.45) is 0. The van der Waals surface area contributed by atoms with E-state index in [2.05, 4.69) is 21.2 Å². The Labute approximate surface area is 231 Å². The minimum absolute atomic E-state index is 0.00411. The van der Waals surface area contributed by atoms with E-state index in [9.17, 15) is 18.0 Å². The molecule has 0 spiro atoms. The first-order chi connectivity index (χ1) is 18.1. The fourth-order valence-corrected chi connectivity index (χ4v) is 5.73. The zero-order valence-corrected chi connectivity index (χ0v) is 24.0. The summed E-state index contributed by atoms with van der Waals surface area (Å²) in [5.74, 6) is -0.350. The highest BCUT2D eigenvalue weighted by Crippen LogP contribution is 2.36. The van der Waals surface area contributed by atoms with Crippen LogP contribution in [-0.4, -0.2) is 59.0 Å². The van der Waals surface area contributed by atoms with Crippen LogP contribution in [0.1, 0.15) is 12.5 Å². The van der Waals surface area contributed by atoms with Gasteiger partial charge in [-0.2, -0.15) is 0 Å². The number of carbonyl (C=O) groups excluding carboxylic acids is 2. The molecule has 0 aromatic heterocycles. The first-order valence-electron chi connectivity index (χ1n) is 11.7. The molecule has 38 heavy (non-hydrogen) atoms. The number of benzene rings is 3. The molecule has 0 heterocycles. The van der Waals surface area contributed by atoms with Crippen LogP contribution in [0, 0.1) is 0 Å². The number of carbonyl (C=O) groups is 2. The molecule has 0 fully saturated rings. The maximum Gasteiger partial charge on any atom is 0.264 e. The summed E-state index contributed by atoms with van der Waals surface area (Å²) in [7, 11) is 0.117. The number of likely N-dealkylation sites (N-methyl/N-ethyl adjacent to an activating group) is 1. The lowest BCUT2D eigenvalue weighted by atomic mass is 10.1. The van der Waals surface area contributed by atoms with Crippen LogP contribution < -0.4 is 19.1 Å². The first kappa shape index (κ1) is 29.0. The monoisotopic (exact) mass is 603 g/mol. The fraction of sp³-hybridized carbons (Fsp3) is 0.259. The van der Waals surface area contributed by atoms with Crippen molar-refractivity contribution in [1.82, 2.24) is 10.2 Å². The summed E-state index contributed by atoms with van der Waals surface area (Å²) in [6, 6.07) is 18.9. The van der Waals surface area contributed by atoms with E-state index in [1.165, 1.54) is 44.4 Å². The van der Waals surface area contributed by atoms with Crippen LogP contribution in [0.25, 0.3) is 0 Å². The SMILES string of the molecule is CNC(=O)[C@H](C)N(Cc1cccc(Br)c1)C(=O)CN(c1cc(OC)ccc1OC)S(=O)(=O)c1ccccc1. The van der Waals surface area contributed by atoms with Gasteiger partial charge in [-0.3, -0.25) is 13.9 Å². The van der Waals surface area contributed by atoms with E-state index < -0.39 is 28.5 Å². The average Bonchev–Trinajstić information content (AvgIpc) is 2.93. The maximum absolute atomic E-state index is 13.9. The molecule has 0 aliphatic carbocycles. The lowest BCUT2D eigenvalue weighted by molar-refractivity contribution is -0.139. The van der Waals surface area contributed by atoms with Gasteiger partial charge in [0.25, 0.3) is 10.0 Å². The van der Waals surface area contributed by atoms with Gasteiger partial charge in [-0.25, -0.2) is 8.42 Å². The van der Waals surface area contributed by atoms with Gasteiger partial charge in [0, 0.05) is 24.1 Å². The van der Waals surface area contributed by atoms with Crippen LogP contribution in [-0.2, 0) is 26.2 Å². The van der Waals surface area contributed by atoms with Crippen molar-refractivity contribution < 1.29 is 27.5 Å². The molecule has 11 heteroatoms. The van der Waals surface area contributed by atoms with Crippen LogP contribution in [0.2, 0.25) is 0 Å². The smallest absolute Gasteiger partial charge is 0.264 e. The number of nitrogens with zero attached hydrogens (tertiary/aromatic N) is 2. The molecular formula is C27H30BrN3O6S. The van der Waals surface area contributed by atoms with Gasteiger partial charge < -0.3 is 19.7 Å². The Morgan fingerprint density at radius 2 is 1.68 bits per heavy atom. The number of hydrogen-bond donors (Lipinski definition) is 1. The normalized spacial score (nSPS) is 11.8. The van der Waals surface area contributed by atoms with Gasteiger partial charge in [0.15, 0.2) is 0 Å². The molecular weight excluding hydrogens is 574 g/mol. The topological polar surface area (TPSA) is 105 Å². The molecule has 1 N–H and O–H groups in total. The van der Waals surface area contributed by atoms with Crippen molar-refractivity contribution in [2.45, 2.75) is 24.4 Å². The standard InChI is InChI=1S/C27H30BrN3O6S/c1-19(27(33)29-2)30(17-20-9-8-10-21(28)15-20)26(32)18-31(38(34,35)23-11-6-5-7-12-23)24-16-22(36-3)13-14-25(24)37-4/h5-16,19H,17-18H2,1-4H3,(H,29,33)/t19-/m0/s1. The second-order valence-electron chi connectivity index (χ2n) is 8.30. The van der Waals surface area contributed by atoms with Gasteiger partial charge in [0.2, 0.25) is 11.8 Å². The highest BCUT2D eigenvalue weighted by Gasteiger charge is 2.33. The van der Waals surface area contributed by atoms with E-state index in [1.54, 1.807) is 37.3 Å². The first-order valence-corrected chi connectivity index (χ1v) is 13.9. The van der Waals surface area contributed by atoms with Gasteiger partial charge in [-0.05, 0) is 48.9 Å². The molecule has 0 saturated carbocycles. The Balaban J connectivity index is 2.11. The average molecular weight is 605 g/mol. The lowest BCUT2D eigenvalue weighted by Gasteiger charge is -2.32. The van der Waals surface area contributed by atoms with E-state index in [0.29, 0.717) is 5.75 Å². The second-order valence-corrected chi connectivity index (χ2v) is 11.1. The largest absolute Gasteiger partial charge is 0.497 e. The van der Waals surface area contributed by atoms with Crippen LogP contribution in [0.5, 0.6) is 11.5 Å². The number of methoxy groups -OCH3 is 2. The lowest BCUT2D eigenvalue weighted by Crippen LogP contribution is -2.50. The van der Waals surface area contributed by atoms with Crippen LogP contribution >= 0.6 is 15.9 Å². The molecule has 1 atom stereocenters. The molecule has 0 saturated heterocycles. The van der Waals surface area contributed by atoms with E-state index >= 15 is 0 Å². The van der Waals surface area contributed by atoms with Gasteiger partial charge in [-0.1, -0.05) is 46.3 Å². The van der Waals surface area contributed by atoms with Gasteiger partial charge in [0.1, 0.15) is 24.1 Å². The number of halogens is 1. The van der Waals surface area contributed by atoms with Crippen molar-refractivity contribution in [2.24, 2.45) is 0 Å². The van der Waals surface area contributed by atoms with Crippen LogP contribution in [0.15, 0.2) is 82.2 Å². The minimum Gasteiger partial charge on any atom is -0.497 e. The predicted molar refractivity (Wildman–Crippen MR) is 149 cm³/mol. The maximum atomic E-state index is 13.9. The summed E-state index contributed by atoms with van der Waals surface area (Å²) in [6.45, 7) is 1.09. The van der Waals surface area contributed by atoms with E-state index in [-0.39, 0.29) is 28.8 Å². The number of amides is 2. The van der Waals surface area contributed by atoms with Gasteiger partial charge >= 0.3 is 0 Å².